The topological polar surface area (TPSA) is 71.5 Å². The van der Waals surface area contributed by atoms with Crippen molar-refractivity contribution in [3.63, 3.8) is 0 Å². The van der Waals surface area contributed by atoms with Gasteiger partial charge in [-0.1, -0.05) is 19.1 Å². The monoisotopic (exact) mass is 448 g/mol. The molecule has 0 aliphatic carbocycles. The van der Waals surface area contributed by atoms with E-state index in [4.69, 9.17) is 4.74 Å². The number of carbonyl (C=O) groups is 1. The fourth-order valence-electron chi connectivity index (χ4n) is 2.89. The highest BCUT2D eigenvalue weighted by Crippen LogP contribution is 2.35. The van der Waals surface area contributed by atoms with Gasteiger partial charge in [0.25, 0.3) is 5.91 Å². The van der Waals surface area contributed by atoms with Gasteiger partial charge in [0.15, 0.2) is 0 Å². The molecule has 1 aromatic heterocycles. The SMILES string of the molecule is CC[C@@H](CO)NC(=O)c1cnc(Oc2ccc(C(F)(F)F)cc2)c(-c2cccc(F)c2)c1. The Kier molecular flexibility index (Phi) is 7.09. The molecule has 9 heteroatoms. The highest BCUT2D eigenvalue weighted by Gasteiger charge is 2.30. The largest absolute Gasteiger partial charge is 0.438 e. The summed E-state index contributed by atoms with van der Waals surface area (Å²) in [5, 5.41) is 12.0. The fourth-order valence-corrected chi connectivity index (χ4v) is 2.89. The number of benzene rings is 2. The van der Waals surface area contributed by atoms with E-state index >= 15 is 0 Å². The Hall–Kier alpha value is -3.46. The Morgan fingerprint density at radius 3 is 2.47 bits per heavy atom. The van der Waals surface area contributed by atoms with E-state index in [1.54, 1.807) is 13.0 Å². The summed E-state index contributed by atoms with van der Waals surface area (Å²) in [4.78, 5) is 16.7. The molecule has 2 N–H and O–H groups in total. The fraction of sp³-hybridized carbons (Fsp3) is 0.217. The van der Waals surface area contributed by atoms with Crippen LogP contribution < -0.4 is 10.1 Å². The molecule has 1 atom stereocenters. The smallest absolute Gasteiger partial charge is 0.416 e. The molecule has 1 heterocycles. The summed E-state index contributed by atoms with van der Waals surface area (Å²) in [7, 11) is 0. The van der Waals surface area contributed by atoms with Gasteiger partial charge < -0.3 is 15.2 Å². The zero-order valence-electron chi connectivity index (χ0n) is 17.0. The minimum absolute atomic E-state index is 0.0129. The maximum absolute atomic E-state index is 13.8. The summed E-state index contributed by atoms with van der Waals surface area (Å²) < 4.78 is 57.8. The predicted molar refractivity (Wildman–Crippen MR) is 110 cm³/mol. The zero-order chi connectivity index (χ0) is 23.3. The van der Waals surface area contributed by atoms with Crippen LogP contribution in [0.15, 0.2) is 60.8 Å². The number of rotatable bonds is 7. The maximum atomic E-state index is 13.8. The van der Waals surface area contributed by atoms with E-state index in [0.29, 0.717) is 12.0 Å². The highest BCUT2D eigenvalue weighted by molar-refractivity contribution is 5.95. The van der Waals surface area contributed by atoms with E-state index in [1.165, 1.54) is 30.5 Å². The van der Waals surface area contributed by atoms with E-state index in [1.807, 2.05) is 0 Å². The second-order valence-electron chi connectivity index (χ2n) is 6.97. The molecule has 2 aromatic carbocycles. The molecule has 0 aliphatic heterocycles. The normalized spacial score (nSPS) is 12.3. The van der Waals surface area contributed by atoms with Crippen LogP contribution in [0.4, 0.5) is 17.6 Å². The summed E-state index contributed by atoms with van der Waals surface area (Å²) in [6.07, 6.45) is -2.73. The van der Waals surface area contributed by atoms with Crippen molar-refractivity contribution in [1.29, 1.82) is 0 Å². The summed E-state index contributed by atoms with van der Waals surface area (Å²) in [5.74, 6) is -0.936. The molecule has 0 saturated carbocycles. The number of nitrogens with zero attached hydrogens (tertiary/aromatic N) is 1. The van der Waals surface area contributed by atoms with Gasteiger partial charge in [0.05, 0.1) is 23.8 Å². The lowest BCUT2D eigenvalue weighted by Crippen LogP contribution is -2.37. The Morgan fingerprint density at radius 1 is 1.16 bits per heavy atom. The van der Waals surface area contributed by atoms with Crippen LogP contribution in [0, 0.1) is 5.82 Å². The van der Waals surface area contributed by atoms with Crippen LogP contribution in [-0.2, 0) is 6.18 Å². The number of hydrogen-bond donors (Lipinski definition) is 2. The molecule has 0 aliphatic rings. The molecule has 3 aromatic rings. The lowest BCUT2D eigenvalue weighted by atomic mass is 10.0. The lowest BCUT2D eigenvalue weighted by molar-refractivity contribution is -0.137. The number of pyridine rings is 1. The number of aliphatic hydroxyl groups excluding tert-OH is 1. The van der Waals surface area contributed by atoms with Gasteiger partial charge in [0.1, 0.15) is 11.6 Å². The Balaban J connectivity index is 1.97. The van der Waals surface area contributed by atoms with E-state index < -0.39 is 29.5 Å². The number of nitrogens with one attached hydrogen (secondary N) is 1. The maximum Gasteiger partial charge on any atom is 0.416 e. The van der Waals surface area contributed by atoms with Crippen molar-refractivity contribution in [2.45, 2.75) is 25.6 Å². The van der Waals surface area contributed by atoms with Crippen LogP contribution in [0.3, 0.4) is 0 Å². The van der Waals surface area contributed by atoms with Gasteiger partial charge in [-0.15, -0.1) is 0 Å². The highest BCUT2D eigenvalue weighted by atomic mass is 19.4. The molecule has 0 radical (unpaired) electrons. The lowest BCUT2D eigenvalue weighted by Gasteiger charge is -2.16. The Labute approximate surface area is 181 Å². The molecule has 0 unspecified atom stereocenters. The quantitative estimate of drug-likeness (QED) is 0.488. The number of aliphatic hydroxyl groups is 1. The van der Waals surface area contributed by atoms with Gasteiger partial charge in [-0.2, -0.15) is 13.2 Å². The van der Waals surface area contributed by atoms with Crippen LogP contribution in [0.1, 0.15) is 29.3 Å². The number of alkyl halides is 3. The molecular weight excluding hydrogens is 428 g/mol. The average Bonchev–Trinajstić information content (AvgIpc) is 2.77. The van der Waals surface area contributed by atoms with E-state index in [9.17, 15) is 27.5 Å². The molecule has 3 rings (SSSR count). The van der Waals surface area contributed by atoms with Crippen molar-refractivity contribution in [1.82, 2.24) is 10.3 Å². The third-order valence-corrected chi connectivity index (χ3v) is 4.69. The van der Waals surface area contributed by atoms with Crippen molar-refractivity contribution >= 4 is 5.91 Å². The molecule has 0 bridgehead atoms. The summed E-state index contributed by atoms with van der Waals surface area (Å²) >= 11 is 0. The Bertz CT molecular complexity index is 1080. The molecular formula is C23H20F4N2O3. The Morgan fingerprint density at radius 2 is 1.88 bits per heavy atom. The van der Waals surface area contributed by atoms with Gasteiger partial charge in [-0.3, -0.25) is 4.79 Å². The van der Waals surface area contributed by atoms with E-state index in [-0.39, 0.29) is 29.4 Å². The van der Waals surface area contributed by atoms with Crippen LogP contribution in [0.5, 0.6) is 11.6 Å². The second kappa shape index (κ2) is 9.78. The number of hydrogen-bond acceptors (Lipinski definition) is 4. The predicted octanol–water partition coefficient (Wildman–Crippen LogP) is 5.20. The standard InChI is InChI=1S/C23H20F4N2O3/c1-2-18(13-30)29-21(31)15-11-20(14-4-3-5-17(24)10-14)22(28-12-15)32-19-8-6-16(7-9-19)23(25,26)27/h3-12,18,30H,2,13H2,1H3,(H,29,31)/t18-/m0/s1. The minimum Gasteiger partial charge on any atom is -0.438 e. The zero-order valence-corrected chi connectivity index (χ0v) is 17.0. The number of halogens is 4. The number of amides is 1. The van der Waals surface area contributed by atoms with Gasteiger partial charge >= 0.3 is 6.18 Å². The van der Waals surface area contributed by atoms with E-state index in [0.717, 1.165) is 24.3 Å². The van der Waals surface area contributed by atoms with Crippen LogP contribution in [-0.4, -0.2) is 28.6 Å². The summed E-state index contributed by atoms with van der Waals surface area (Å²) in [6.45, 7) is 1.57. The third-order valence-electron chi connectivity index (χ3n) is 4.69. The van der Waals surface area contributed by atoms with Crippen molar-refractivity contribution in [2.75, 3.05) is 6.61 Å². The summed E-state index contributed by atoms with van der Waals surface area (Å²) in [6, 6.07) is 10.6. The van der Waals surface area contributed by atoms with Crippen LogP contribution in [0.25, 0.3) is 11.1 Å². The van der Waals surface area contributed by atoms with Gasteiger partial charge in [-0.25, -0.2) is 9.37 Å². The summed E-state index contributed by atoms with van der Waals surface area (Å²) in [5.41, 5.74) is -0.0437. The van der Waals surface area contributed by atoms with Crippen molar-refractivity contribution in [3.05, 3.63) is 77.7 Å². The van der Waals surface area contributed by atoms with Gasteiger partial charge in [0, 0.05) is 11.8 Å². The first-order chi connectivity index (χ1) is 15.2. The molecule has 32 heavy (non-hydrogen) atoms. The minimum atomic E-state index is -4.48. The van der Waals surface area contributed by atoms with Gasteiger partial charge in [0.2, 0.25) is 5.88 Å². The van der Waals surface area contributed by atoms with Crippen molar-refractivity contribution in [2.24, 2.45) is 0 Å². The van der Waals surface area contributed by atoms with Crippen LogP contribution in [0.2, 0.25) is 0 Å². The second-order valence-corrected chi connectivity index (χ2v) is 6.97. The van der Waals surface area contributed by atoms with Crippen molar-refractivity contribution in [3.8, 4) is 22.8 Å². The molecule has 0 spiro atoms. The van der Waals surface area contributed by atoms with Crippen molar-refractivity contribution < 1.29 is 32.2 Å². The first-order valence-electron chi connectivity index (χ1n) is 9.74. The number of aromatic nitrogens is 1. The third kappa shape index (κ3) is 5.61. The molecule has 5 nitrogen and oxygen atoms in total. The van der Waals surface area contributed by atoms with Gasteiger partial charge in [-0.05, 0) is 54.4 Å². The first-order valence-corrected chi connectivity index (χ1v) is 9.74. The number of ether oxygens (including phenoxy) is 1. The molecule has 0 saturated heterocycles. The first kappa shape index (κ1) is 23.2. The van der Waals surface area contributed by atoms with Crippen LogP contribution >= 0.6 is 0 Å². The number of carbonyl (C=O) groups excluding carboxylic acids is 1. The average molecular weight is 448 g/mol. The van der Waals surface area contributed by atoms with E-state index in [2.05, 4.69) is 10.3 Å². The molecule has 168 valence electrons. The molecule has 0 fully saturated rings. The molecule has 1 amide bonds.